The third-order valence-corrected chi connectivity index (χ3v) is 7.37. The zero-order valence-corrected chi connectivity index (χ0v) is 20.2. The highest BCUT2D eigenvalue weighted by molar-refractivity contribution is 7.80. The maximum atomic E-state index is 12.8. The SMILES string of the molecule is C[C@@H]1CCc2c(sc(NC(=S)NC(=O)c3ccc(N4CCOCC4)c([N+](=O)[O-])c3)c2C(N)=O)C1. The van der Waals surface area contributed by atoms with Crippen LogP contribution in [0.4, 0.5) is 16.4 Å². The minimum Gasteiger partial charge on any atom is -0.378 e. The fourth-order valence-corrected chi connectivity index (χ4v) is 5.97. The quantitative estimate of drug-likeness (QED) is 0.321. The van der Waals surface area contributed by atoms with Gasteiger partial charge < -0.3 is 20.7 Å². The van der Waals surface area contributed by atoms with Crippen LogP contribution in [0.15, 0.2) is 18.2 Å². The van der Waals surface area contributed by atoms with Gasteiger partial charge >= 0.3 is 0 Å². The van der Waals surface area contributed by atoms with Crippen molar-refractivity contribution in [2.45, 2.75) is 26.2 Å². The van der Waals surface area contributed by atoms with E-state index in [2.05, 4.69) is 17.6 Å². The number of rotatable bonds is 5. The number of primary amides is 1. The van der Waals surface area contributed by atoms with E-state index in [0.717, 1.165) is 29.7 Å². The first-order chi connectivity index (χ1) is 16.2. The first kappa shape index (κ1) is 24.0. The third kappa shape index (κ3) is 5.03. The predicted molar refractivity (Wildman–Crippen MR) is 134 cm³/mol. The number of nitrogens with zero attached hydrogens (tertiary/aromatic N) is 2. The first-order valence-electron chi connectivity index (χ1n) is 10.9. The Morgan fingerprint density at radius 1 is 1.32 bits per heavy atom. The molecule has 0 bridgehead atoms. The summed E-state index contributed by atoms with van der Waals surface area (Å²) in [5.74, 6) is -0.620. The largest absolute Gasteiger partial charge is 0.378 e. The summed E-state index contributed by atoms with van der Waals surface area (Å²) >= 11 is 6.70. The van der Waals surface area contributed by atoms with Crippen LogP contribution in [0.1, 0.15) is 44.5 Å². The molecule has 1 atom stereocenters. The molecule has 4 rings (SSSR count). The summed E-state index contributed by atoms with van der Waals surface area (Å²) < 4.78 is 5.31. The summed E-state index contributed by atoms with van der Waals surface area (Å²) in [5, 5.41) is 17.6. The summed E-state index contributed by atoms with van der Waals surface area (Å²) in [7, 11) is 0. The van der Waals surface area contributed by atoms with Gasteiger partial charge in [-0.25, -0.2) is 0 Å². The number of thiophene rings is 1. The van der Waals surface area contributed by atoms with Crippen LogP contribution < -0.4 is 21.3 Å². The number of fused-ring (bicyclic) bond motifs is 1. The van der Waals surface area contributed by atoms with Crippen molar-refractivity contribution in [3.63, 3.8) is 0 Å². The van der Waals surface area contributed by atoms with Crippen molar-refractivity contribution in [1.29, 1.82) is 0 Å². The average molecular weight is 504 g/mol. The Morgan fingerprint density at radius 2 is 2.06 bits per heavy atom. The van der Waals surface area contributed by atoms with Crippen LogP contribution in [-0.2, 0) is 17.6 Å². The molecule has 2 amide bonds. The molecule has 1 fully saturated rings. The Morgan fingerprint density at radius 3 is 2.74 bits per heavy atom. The Hall–Kier alpha value is -3.09. The Bertz CT molecular complexity index is 1160. The summed E-state index contributed by atoms with van der Waals surface area (Å²) in [6.07, 6.45) is 2.61. The van der Waals surface area contributed by atoms with Gasteiger partial charge in [-0.05, 0) is 55.1 Å². The molecule has 34 heavy (non-hydrogen) atoms. The Kier molecular flexibility index (Phi) is 7.10. The lowest BCUT2D eigenvalue weighted by Crippen LogP contribution is -2.37. The summed E-state index contributed by atoms with van der Waals surface area (Å²) in [6.45, 7) is 4.20. The fourth-order valence-electron chi connectivity index (χ4n) is 4.29. The molecule has 1 aromatic heterocycles. The number of amides is 2. The lowest BCUT2D eigenvalue weighted by molar-refractivity contribution is -0.384. The van der Waals surface area contributed by atoms with E-state index in [0.29, 0.717) is 48.5 Å². The van der Waals surface area contributed by atoms with E-state index in [1.54, 1.807) is 6.07 Å². The van der Waals surface area contributed by atoms with Crippen LogP contribution in [-0.4, -0.2) is 48.2 Å². The van der Waals surface area contributed by atoms with Crippen LogP contribution in [0, 0.1) is 16.0 Å². The van der Waals surface area contributed by atoms with Crippen LogP contribution in [0.25, 0.3) is 0 Å². The lowest BCUT2D eigenvalue weighted by Gasteiger charge is -2.28. The molecule has 0 spiro atoms. The van der Waals surface area contributed by atoms with E-state index in [1.807, 2.05) is 4.90 Å². The molecule has 1 saturated heterocycles. The second kappa shape index (κ2) is 10.0. The summed E-state index contributed by atoms with van der Waals surface area (Å²) in [4.78, 5) is 39.0. The van der Waals surface area contributed by atoms with E-state index in [1.165, 1.54) is 23.5 Å². The van der Waals surface area contributed by atoms with Gasteiger partial charge in [0.25, 0.3) is 17.5 Å². The smallest absolute Gasteiger partial charge is 0.293 e. The van der Waals surface area contributed by atoms with Crippen LogP contribution in [0.2, 0.25) is 0 Å². The Labute approximate surface area is 205 Å². The van der Waals surface area contributed by atoms with Gasteiger partial charge in [-0.2, -0.15) is 0 Å². The molecule has 2 heterocycles. The van der Waals surface area contributed by atoms with Crippen molar-refractivity contribution >= 4 is 56.9 Å². The number of thiocarbonyl (C=S) groups is 1. The fraction of sp³-hybridized carbons (Fsp3) is 0.409. The molecule has 10 nitrogen and oxygen atoms in total. The van der Waals surface area contributed by atoms with Crippen molar-refractivity contribution in [2.24, 2.45) is 11.7 Å². The Balaban J connectivity index is 1.50. The van der Waals surface area contributed by atoms with Gasteiger partial charge in [-0.1, -0.05) is 6.92 Å². The molecular formula is C22H25N5O5S2. The standard InChI is InChI=1S/C22H25N5O5S2/c1-12-2-4-14-17(10-12)34-21(18(14)19(23)28)25-22(33)24-20(29)13-3-5-15(16(11-13)27(30)31)26-6-8-32-9-7-26/h3,5,11-12H,2,4,6-10H2,1H3,(H2,23,28)(H2,24,25,29,33)/t12-/m1/s1. The van der Waals surface area contributed by atoms with Crippen molar-refractivity contribution in [1.82, 2.24) is 5.32 Å². The van der Waals surface area contributed by atoms with Crippen LogP contribution in [0.3, 0.4) is 0 Å². The van der Waals surface area contributed by atoms with Gasteiger partial charge in [0.15, 0.2) is 5.11 Å². The highest BCUT2D eigenvalue weighted by atomic mass is 32.1. The molecule has 2 aliphatic rings. The summed E-state index contributed by atoms with van der Waals surface area (Å²) in [5.41, 5.74) is 7.36. The molecule has 0 unspecified atom stereocenters. The number of benzene rings is 1. The van der Waals surface area contributed by atoms with E-state index in [-0.39, 0.29) is 16.4 Å². The summed E-state index contributed by atoms with van der Waals surface area (Å²) in [6, 6.07) is 4.33. The van der Waals surface area contributed by atoms with Crippen molar-refractivity contribution in [3.05, 3.63) is 49.9 Å². The zero-order chi connectivity index (χ0) is 24.4. The number of carbonyl (C=O) groups excluding carboxylic acids is 2. The number of hydrogen-bond acceptors (Lipinski definition) is 8. The number of ether oxygens (including phenoxy) is 1. The molecule has 1 aromatic carbocycles. The number of morpholine rings is 1. The molecule has 1 aliphatic heterocycles. The number of carbonyl (C=O) groups is 2. The van der Waals surface area contributed by atoms with Gasteiger partial charge in [-0.15, -0.1) is 11.3 Å². The predicted octanol–water partition coefficient (Wildman–Crippen LogP) is 2.84. The highest BCUT2D eigenvalue weighted by Gasteiger charge is 2.27. The molecule has 4 N–H and O–H groups in total. The zero-order valence-electron chi connectivity index (χ0n) is 18.6. The van der Waals surface area contributed by atoms with E-state index < -0.39 is 16.7 Å². The van der Waals surface area contributed by atoms with Crippen molar-refractivity contribution in [3.8, 4) is 0 Å². The second-order valence-corrected chi connectivity index (χ2v) is 9.90. The van der Waals surface area contributed by atoms with E-state index in [9.17, 15) is 19.7 Å². The molecule has 180 valence electrons. The average Bonchev–Trinajstić information content (AvgIpc) is 3.15. The van der Waals surface area contributed by atoms with Crippen LogP contribution >= 0.6 is 23.6 Å². The lowest BCUT2D eigenvalue weighted by atomic mass is 9.88. The van der Waals surface area contributed by atoms with Gasteiger partial charge in [-0.3, -0.25) is 25.0 Å². The third-order valence-electron chi connectivity index (χ3n) is 6.00. The second-order valence-electron chi connectivity index (χ2n) is 8.39. The van der Waals surface area contributed by atoms with Gasteiger partial charge in [0.1, 0.15) is 10.7 Å². The van der Waals surface area contributed by atoms with Gasteiger partial charge in [0, 0.05) is 29.6 Å². The van der Waals surface area contributed by atoms with Crippen molar-refractivity contribution in [2.75, 3.05) is 36.5 Å². The number of nitro benzene ring substituents is 1. The molecule has 2 aromatic rings. The molecule has 0 radical (unpaired) electrons. The van der Waals surface area contributed by atoms with E-state index in [4.69, 9.17) is 22.7 Å². The number of nitrogens with one attached hydrogen (secondary N) is 2. The minimum atomic E-state index is -0.593. The maximum absolute atomic E-state index is 12.8. The normalized spacial score (nSPS) is 17.6. The number of anilines is 2. The maximum Gasteiger partial charge on any atom is 0.293 e. The molecular weight excluding hydrogens is 478 g/mol. The molecule has 1 aliphatic carbocycles. The van der Waals surface area contributed by atoms with Gasteiger partial charge in [0.05, 0.1) is 23.7 Å². The number of nitro groups is 1. The molecule has 12 heteroatoms. The van der Waals surface area contributed by atoms with Gasteiger partial charge in [0.2, 0.25) is 0 Å². The highest BCUT2D eigenvalue weighted by Crippen LogP contribution is 2.39. The minimum absolute atomic E-state index is 0.0148. The first-order valence-corrected chi connectivity index (χ1v) is 12.1. The number of nitrogens with two attached hydrogens (primary N) is 1. The topological polar surface area (TPSA) is 140 Å². The molecule has 0 saturated carbocycles. The van der Waals surface area contributed by atoms with Crippen molar-refractivity contribution < 1.29 is 19.2 Å². The monoisotopic (exact) mass is 503 g/mol. The van der Waals surface area contributed by atoms with Crippen LogP contribution in [0.5, 0.6) is 0 Å². The number of hydrogen-bond donors (Lipinski definition) is 3. The van der Waals surface area contributed by atoms with E-state index >= 15 is 0 Å².